The Balaban J connectivity index is 2.15. The fraction of sp³-hybridized carbons (Fsp3) is 0.615. The highest BCUT2D eigenvalue weighted by molar-refractivity contribution is 7.91. The quantitative estimate of drug-likeness (QED) is 0.850. The number of amides is 1. The van der Waals surface area contributed by atoms with E-state index in [1.165, 1.54) is 22.6 Å². The molecule has 1 aromatic heterocycles. The number of hydrogen-bond acceptors (Lipinski definition) is 4. The maximum Gasteiger partial charge on any atom is 0.252 e. The zero-order chi connectivity index (χ0) is 14.8. The number of nitrogens with zero attached hydrogens (tertiary/aromatic N) is 2. The molecular weight excluding hydrogens is 296 g/mol. The molecule has 0 radical (unpaired) electrons. The highest BCUT2D eigenvalue weighted by Crippen LogP contribution is 2.26. The highest BCUT2D eigenvalue weighted by Gasteiger charge is 2.28. The zero-order valence-electron chi connectivity index (χ0n) is 11.8. The second kappa shape index (κ2) is 6.24. The Labute approximate surface area is 124 Å². The second-order valence-electron chi connectivity index (χ2n) is 4.84. The minimum atomic E-state index is -3.41. The van der Waals surface area contributed by atoms with Gasteiger partial charge < -0.3 is 4.90 Å². The number of carbonyl (C=O) groups excluding carboxylic acids is 1. The van der Waals surface area contributed by atoms with Crippen LogP contribution < -0.4 is 0 Å². The number of thiophene rings is 1. The van der Waals surface area contributed by atoms with E-state index in [1.807, 2.05) is 13.0 Å². The summed E-state index contributed by atoms with van der Waals surface area (Å²) >= 11 is 1.34. The summed E-state index contributed by atoms with van der Waals surface area (Å²) in [6, 6.07) is 3.56. The lowest BCUT2D eigenvalue weighted by molar-refractivity contribution is -0.128. The summed E-state index contributed by atoms with van der Waals surface area (Å²) in [6.07, 6.45) is 1.53. The van der Waals surface area contributed by atoms with Gasteiger partial charge in [0.1, 0.15) is 4.21 Å². The van der Waals surface area contributed by atoms with Gasteiger partial charge in [-0.2, -0.15) is 4.31 Å². The molecule has 0 aromatic carbocycles. The summed E-state index contributed by atoms with van der Waals surface area (Å²) in [6.45, 7) is 5.50. The number of carbonyl (C=O) groups is 1. The van der Waals surface area contributed by atoms with Crippen LogP contribution >= 0.6 is 11.3 Å². The fourth-order valence-electron chi connectivity index (χ4n) is 2.26. The van der Waals surface area contributed by atoms with Crippen LogP contribution in [0.25, 0.3) is 0 Å². The van der Waals surface area contributed by atoms with Crippen molar-refractivity contribution in [3.05, 3.63) is 17.0 Å². The number of aryl methyl sites for hydroxylation is 1. The van der Waals surface area contributed by atoms with Crippen molar-refractivity contribution in [1.29, 1.82) is 0 Å². The Bertz CT molecular complexity index is 580. The van der Waals surface area contributed by atoms with E-state index in [-0.39, 0.29) is 5.91 Å². The molecule has 1 saturated heterocycles. The number of hydrogen-bond donors (Lipinski definition) is 0. The highest BCUT2D eigenvalue weighted by atomic mass is 32.2. The SMILES string of the molecule is CCc1ccc(S(=O)(=O)N2CCCN(C(C)=O)CC2)s1. The van der Waals surface area contributed by atoms with Crippen molar-refractivity contribution < 1.29 is 13.2 Å². The Morgan fingerprint density at radius 1 is 1.25 bits per heavy atom. The van der Waals surface area contributed by atoms with E-state index in [0.29, 0.717) is 36.8 Å². The molecule has 5 nitrogen and oxygen atoms in total. The van der Waals surface area contributed by atoms with Crippen molar-refractivity contribution in [3.8, 4) is 0 Å². The summed E-state index contributed by atoms with van der Waals surface area (Å²) in [4.78, 5) is 14.2. The largest absolute Gasteiger partial charge is 0.342 e. The molecule has 20 heavy (non-hydrogen) atoms. The van der Waals surface area contributed by atoms with Gasteiger partial charge in [0.2, 0.25) is 5.91 Å². The molecule has 0 aliphatic carbocycles. The molecule has 1 amide bonds. The van der Waals surface area contributed by atoms with E-state index in [0.717, 1.165) is 11.3 Å². The van der Waals surface area contributed by atoms with Gasteiger partial charge in [0.15, 0.2) is 0 Å². The van der Waals surface area contributed by atoms with E-state index in [9.17, 15) is 13.2 Å². The molecule has 0 N–H and O–H groups in total. The third-order valence-corrected chi connectivity index (χ3v) is 7.08. The minimum absolute atomic E-state index is 0.00800. The third-order valence-electron chi connectivity index (χ3n) is 3.48. The first-order chi connectivity index (χ1) is 9.45. The van der Waals surface area contributed by atoms with Crippen LogP contribution in [0.15, 0.2) is 16.3 Å². The van der Waals surface area contributed by atoms with E-state index in [2.05, 4.69) is 0 Å². The lowest BCUT2D eigenvalue weighted by Gasteiger charge is -2.20. The minimum Gasteiger partial charge on any atom is -0.342 e. The van der Waals surface area contributed by atoms with Gasteiger partial charge in [-0.3, -0.25) is 4.79 Å². The van der Waals surface area contributed by atoms with Gasteiger partial charge in [-0.1, -0.05) is 6.92 Å². The molecule has 1 aliphatic rings. The summed E-state index contributed by atoms with van der Waals surface area (Å²) in [5.41, 5.74) is 0. The first-order valence-electron chi connectivity index (χ1n) is 6.79. The zero-order valence-corrected chi connectivity index (χ0v) is 13.5. The van der Waals surface area contributed by atoms with Crippen molar-refractivity contribution >= 4 is 27.3 Å². The molecule has 0 atom stereocenters. The van der Waals surface area contributed by atoms with Crippen LogP contribution in [-0.2, 0) is 21.2 Å². The average Bonchev–Trinajstić information content (AvgIpc) is 2.75. The summed E-state index contributed by atoms with van der Waals surface area (Å²) < 4.78 is 27.1. The van der Waals surface area contributed by atoms with E-state index in [1.54, 1.807) is 11.0 Å². The van der Waals surface area contributed by atoms with Crippen LogP contribution in [0.4, 0.5) is 0 Å². The molecule has 1 fully saturated rings. The van der Waals surface area contributed by atoms with Gasteiger partial charge in [-0.15, -0.1) is 11.3 Å². The van der Waals surface area contributed by atoms with Gasteiger partial charge in [-0.05, 0) is 25.0 Å². The molecule has 0 saturated carbocycles. The van der Waals surface area contributed by atoms with Crippen molar-refractivity contribution in [3.63, 3.8) is 0 Å². The predicted molar refractivity (Wildman–Crippen MR) is 79.3 cm³/mol. The molecule has 7 heteroatoms. The molecule has 112 valence electrons. The smallest absolute Gasteiger partial charge is 0.252 e. The van der Waals surface area contributed by atoms with Crippen LogP contribution in [0.3, 0.4) is 0 Å². The Morgan fingerprint density at radius 2 is 2.00 bits per heavy atom. The first kappa shape index (κ1) is 15.5. The molecule has 2 rings (SSSR count). The topological polar surface area (TPSA) is 57.7 Å². The van der Waals surface area contributed by atoms with Crippen molar-refractivity contribution in [2.24, 2.45) is 0 Å². The van der Waals surface area contributed by atoms with Crippen molar-refractivity contribution in [2.75, 3.05) is 26.2 Å². The van der Waals surface area contributed by atoms with E-state index >= 15 is 0 Å². The molecule has 1 aliphatic heterocycles. The normalized spacial score (nSPS) is 18.0. The van der Waals surface area contributed by atoms with Crippen molar-refractivity contribution in [2.45, 2.75) is 30.9 Å². The third kappa shape index (κ3) is 3.21. The molecular formula is C13H20N2O3S2. The first-order valence-corrected chi connectivity index (χ1v) is 9.05. The lowest BCUT2D eigenvalue weighted by Crippen LogP contribution is -2.36. The maximum atomic E-state index is 12.6. The molecule has 0 bridgehead atoms. The molecule has 0 spiro atoms. The van der Waals surface area contributed by atoms with E-state index < -0.39 is 10.0 Å². The number of rotatable bonds is 3. The van der Waals surface area contributed by atoms with Gasteiger partial charge >= 0.3 is 0 Å². The van der Waals surface area contributed by atoms with Gasteiger partial charge in [0, 0.05) is 38.0 Å². The van der Waals surface area contributed by atoms with Crippen LogP contribution in [0, 0.1) is 0 Å². The van der Waals surface area contributed by atoms with Crippen molar-refractivity contribution in [1.82, 2.24) is 9.21 Å². The van der Waals surface area contributed by atoms with Crippen LogP contribution in [0.5, 0.6) is 0 Å². The van der Waals surface area contributed by atoms with Gasteiger partial charge in [-0.25, -0.2) is 8.42 Å². The summed E-state index contributed by atoms with van der Waals surface area (Å²) in [5, 5.41) is 0. The second-order valence-corrected chi connectivity index (χ2v) is 8.17. The predicted octanol–water partition coefficient (Wildman–Crippen LogP) is 1.55. The summed E-state index contributed by atoms with van der Waals surface area (Å²) in [7, 11) is -3.41. The van der Waals surface area contributed by atoms with Crippen LogP contribution in [-0.4, -0.2) is 49.7 Å². The number of sulfonamides is 1. The lowest BCUT2D eigenvalue weighted by atomic mass is 10.4. The molecule has 2 heterocycles. The van der Waals surface area contributed by atoms with Crippen LogP contribution in [0.1, 0.15) is 25.1 Å². The Kier molecular flexibility index (Phi) is 4.82. The Hall–Kier alpha value is -0.920. The summed E-state index contributed by atoms with van der Waals surface area (Å²) in [5.74, 6) is 0.00800. The molecule has 1 aromatic rings. The Morgan fingerprint density at radius 3 is 2.60 bits per heavy atom. The van der Waals surface area contributed by atoms with Gasteiger partial charge in [0.25, 0.3) is 10.0 Å². The van der Waals surface area contributed by atoms with Crippen LogP contribution in [0.2, 0.25) is 0 Å². The standard InChI is InChI=1S/C13H20N2O3S2/c1-3-12-5-6-13(19-12)20(17,18)15-8-4-7-14(9-10-15)11(2)16/h5-6H,3-4,7-10H2,1-2H3. The fourth-order valence-corrected chi connectivity index (χ4v) is 5.18. The monoisotopic (exact) mass is 316 g/mol. The van der Waals surface area contributed by atoms with Gasteiger partial charge in [0.05, 0.1) is 0 Å². The maximum absolute atomic E-state index is 12.6. The average molecular weight is 316 g/mol. The van der Waals surface area contributed by atoms with E-state index in [4.69, 9.17) is 0 Å². The molecule has 0 unspecified atom stereocenters.